The maximum absolute atomic E-state index is 12.2. The number of hydrogen-bond donors (Lipinski definition) is 2. The lowest BCUT2D eigenvalue weighted by Gasteiger charge is -2.13. The molecule has 0 saturated heterocycles. The second-order valence-electron chi connectivity index (χ2n) is 8.28. The Bertz CT molecular complexity index is 1180. The van der Waals surface area contributed by atoms with Crippen LogP contribution in [-0.4, -0.2) is 99.1 Å². The van der Waals surface area contributed by atoms with Crippen molar-refractivity contribution < 1.29 is 52.3 Å². The van der Waals surface area contributed by atoms with Gasteiger partial charge in [-0.3, -0.25) is 4.79 Å². The van der Waals surface area contributed by atoms with E-state index in [1.165, 1.54) is 26.4 Å². The first-order valence-corrected chi connectivity index (χ1v) is 13.1. The largest absolute Gasteiger partial charge is 0.491 e. The Hall–Kier alpha value is -4.42. The number of nitrogens with two attached hydrogens (primary N) is 1. The number of carbonyl (C=O) groups is 3. The fourth-order valence-corrected chi connectivity index (χ4v) is 3.04. The predicted octanol–water partition coefficient (Wildman–Crippen LogP) is 2.46. The number of methoxy groups -OCH3 is 4. The third-order valence-corrected chi connectivity index (χ3v) is 5.12. The van der Waals surface area contributed by atoms with Gasteiger partial charge in [0.2, 0.25) is 5.91 Å². The lowest BCUT2D eigenvalue weighted by Crippen LogP contribution is -2.16. The highest BCUT2D eigenvalue weighted by Crippen LogP contribution is 2.24. The van der Waals surface area contributed by atoms with Crippen molar-refractivity contribution in [1.82, 2.24) is 0 Å². The van der Waals surface area contributed by atoms with E-state index in [1.54, 1.807) is 44.6 Å². The number of amides is 1. The molecule has 2 aromatic carbocycles. The van der Waals surface area contributed by atoms with E-state index in [0.717, 1.165) is 0 Å². The molecule has 0 aliphatic rings. The molecular weight excluding hydrogens is 566 g/mol. The van der Waals surface area contributed by atoms with E-state index in [-0.39, 0.29) is 43.1 Å². The first-order valence-electron chi connectivity index (χ1n) is 13.1. The zero-order valence-electron chi connectivity index (χ0n) is 24.8. The molecule has 14 nitrogen and oxygen atoms in total. The van der Waals surface area contributed by atoms with Gasteiger partial charge >= 0.3 is 11.9 Å². The zero-order valence-corrected chi connectivity index (χ0v) is 24.8. The number of anilines is 2. The summed E-state index contributed by atoms with van der Waals surface area (Å²) in [6, 6.07) is 11.2. The molecule has 0 atom stereocenters. The van der Waals surface area contributed by atoms with Crippen molar-refractivity contribution in [2.75, 3.05) is 92.3 Å². The molecule has 3 N–H and O–H groups in total. The summed E-state index contributed by atoms with van der Waals surface area (Å²) in [6.45, 7) is 2.44. The molecule has 0 saturated carbocycles. The maximum Gasteiger partial charge on any atom is 0.340 e. The zero-order chi connectivity index (χ0) is 31.9. The van der Waals surface area contributed by atoms with Gasteiger partial charge < -0.3 is 48.9 Å². The molecule has 0 fully saturated rings. The van der Waals surface area contributed by atoms with Gasteiger partial charge in [0.15, 0.2) is 0 Å². The molecule has 0 aliphatic heterocycles. The lowest BCUT2D eigenvalue weighted by atomic mass is 10.1. The second kappa shape index (κ2) is 22.2. The summed E-state index contributed by atoms with van der Waals surface area (Å²) in [5.74, 6) is -0.659. The van der Waals surface area contributed by atoms with Gasteiger partial charge in [-0.2, -0.15) is 5.26 Å². The molecule has 0 spiro atoms. The Morgan fingerprint density at radius 2 is 1.16 bits per heavy atom. The number of ether oxygens (including phenoxy) is 8. The first-order chi connectivity index (χ1) is 20.8. The van der Waals surface area contributed by atoms with Crippen molar-refractivity contribution in [2.45, 2.75) is 6.42 Å². The van der Waals surface area contributed by atoms with Gasteiger partial charge in [0, 0.05) is 34.1 Å². The van der Waals surface area contributed by atoms with Gasteiger partial charge in [-0.05, 0) is 36.4 Å². The van der Waals surface area contributed by atoms with Crippen LogP contribution in [0.1, 0.15) is 27.1 Å². The molecule has 0 aliphatic carbocycles. The minimum Gasteiger partial charge on any atom is -0.491 e. The van der Waals surface area contributed by atoms with Gasteiger partial charge in [-0.25, -0.2) is 9.59 Å². The average Bonchev–Trinajstić information content (AvgIpc) is 2.99. The quantitative estimate of drug-likeness (QED) is 0.143. The molecule has 43 heavy (non-hydrogen) atoms. The van der Waals surface area contributed by atoms with Crippen molar-refractivity contribution in [3.8, 4) is 17.6 Å². The normalized spacial score (nSPS) is 10.0. The summed E-state index contributed by atoms with van der Waals surface area (Å²) >= 11 is 0. The molecule has 2 aromatic rings. The molecule has 1 amide bonds. The highest BCUT2D eigenvalue weighted by molar-refractivity contribution is 6.02. The first kappa shape index (κ1) is 36.6. The third-order valence-electron chi connectivity index (χ3n) is 5.12. The average molecular weight is 606 g/mol. The van der Waals surface area contributed by atoms with E-state index >= 15 is 0 Å². The fraction of sp³-hybridized carbons (Fsp3) is 0.448. The van der Waals surface area contributed by atoms with Gasteiger partial charge in [0.25, 0.3) is 0 Å². The molecule has 236 valence electrons. The van der Waals surface area contributed by atoms with Crippen LogP contribution in [0.15, 0.2) is 36.4 Å². The number of nitrogens with zero attached hydrogens (tertiary/aromatic N) is 1. The number of esters is 2. The summed E-state index contributed by atoms with van der Waals surface area (Å²) in [6.07, 6.45) is -0.315. The molecule has 0 unspecified atom stereocenters. The second-order valence-corrected chi connectivity index (χ2v) is 8.28. The van der Waals surface area contributed by atoms with Crippen molar-refractivity contribution in [3.63, 3.8) is 0 Å². The topological polar surface area (TPSA) is 187 Å². The van der Waals surface area contributed by atoms with E-state index in [1.807, 2.05) is 0 Å². The lowest BCUT2D eigenvalue weighted by molar-refractivity contribution is -0.115. The number of rotatable bonds is 18. The summed E-state index contributed by atoms with van der Waals surface area (Å²) in [5.41, 5.74) is 6.75. The third kappa shape index (κ3) is 14.9. The van der Waals surface area contributed by atoms with Crippen molar-refractivity contribution >= 4 is 29.2 Å². The molecule has 2 rings (SSSR count). The molecule has 14 heteroatoms. The Morgan fingerprint density at radius 3 is 1.67 bits per heavy atom. The van der Waals surface area contributed by atoms with Crippen LogP contribution in [0.2, 0.25) is 0 Å². The fourth-order valence-electron chi connectivity index (χ4n) is 3.04. The summed E-state index contributed by atoms with van der Waals surface area (Å²) in [5, 5.41) is 11.1. The van der Waals surface area contributed by atoms with Crippen LogP contribution in [-0.2, 0) is 33.2 Å². The Kier molecular flexibility index (Phi) is 18.9. The maximum atomic E-state index is 12.2. The monoisotopic (exact) mass is 605 g/mol. The molecule has 0 heterocycles. The van der Waals surface area contributed by atoms with E-state index in [2.05, 4.69) is 5.32 Å². The highest BCUT2D eigenvalue weighted by atomic mass is 16.6. The molecule has 0 bridgehead atoms. The number of hydrogen-bond acceptors (Lipinski definition) is 13. The van der Waals surface area contributed by atoms with E-state index < -0.39 is 17.8 Å². The van der Waals surface area contributed by atoms with Crippen molar-refractivity contribution in [2.24, 2.45) is 0 Å². The molecular formula is C29H39N3O11. The Morgan fingerprint density at radius 1 is 0.698 bits per heavy atom. The molecule has 0 aromatic heterocycles. The van der Waals surface area contributed by atoms with Crippen LogP contribution in [0.5, 0.6) is 11.5 Å². The predicted molar refractivity (Wildman–Crippen MR) is 155 cm³/mol. The summed E-state index contributed by atoms with van der Waals surface area (Å²) in [7, 11) is 6.17. The van der Waals surface area contributed by atoms with Crippen LogP contribution < -0.4 is 20.5 Å². The van der Waals surface area contributed by atoms with Gasteiger partial charge in [-0.15, -0.1) is 0 Å². The van der Waals surface area contributed by atoms with Gasteiger partial charge in [0.1, 0.15) is 44.3 Å². The summed E-state index contributed by atoms with van der Waals surface area (Å²) in [4.78, 5) is 35.6. The van der Waals surface area contributed by atoms with Crippen molar-refractivity contribution in [1.29, 1.82) is 5.26 Å². The number of nitriles is 1. The van der Waals surface area contributed by atoms with Crippen LogP contribution >= 0.6 is 0 Å². The Balaban J connectivity index is 0.000000442. The highest BCUT2D eigenvalue weighted by Gasteiger charge is 2.17. The smallest absolute Gasteiger partial charge is 0.340 e. The van der Waals surface area contributed by atoms with E-state index in [0.29, 0.717) is 50.2 Å². The number of nitrogen functional groups attached to an aromatic ring is 1. The standard InChI is InChI=1S/C16H20N2O6.C13H19NO5/c1-21-7-9-23-12-3-4-14(18-15(19)5-6-17)13(11-12)16(20)24-10-8-22-2;1-16-5-7-18-10-3-4-12(14)11(9-10)13(15)19-8-6-17-2/h3-4,11H,5,7-10H2,1-2H3,(H,18,19);3-4,9H,5-8,14H2,1-2H3. The van der Waals surface area contributed by atoms with Gasteiger partial charge in [0.05, 0.1) is 49.3 Å². The van der Waals surface area contributed by atoms with E-state index in [4.69, 9.17) is 48.9 Å². The number of benzene rings is 2. The minimum atomic E-state index is -0.628. The van der Waals surface area contributed by atoms with Crippen LogP contribution in [0.3, 0.4) is 0 Å². The number of nitrogens with one attached hydrogen (secondary N) is 1. The van der Waals surface area contributed by atoms with Crippen molar-refractivity contribution in [3.05, 3.63) is 47.5 Å². The number of carbonyl (C=O) groups excluding carboxylic acids is 3. The molecule has 0 radical (unpaired) electrons. The summed E-state index contributed by atoms with van der Waals surface area (Å²) < 4.78 is 40.3. The van der Waals surface area contributed by atoms with Crippen LogP contribution in [0.25, 0.3) is 0 Å². The van der Waals surface area contributed by atoms with Crippen LogP contribution in [0.4, 0.5) is 11.4 Å². The minimum absolute atomic E-state index is 0.0790. The van der Waals surface area contributed by atoms with Crippen LogP contribution in [0, 0.1) is 11.3 Å². The van der Waals surface area contributed by atoms with Gasteiger partial charge in [-0.1, -0.05) is 0 Å². The SMILES string of the molecule is COCCOC(=O)c1cc(OCCOC)ccc1N.COCCOC(=O)c1cc(OCCOC)ccc1NC(=O)CC#N. The Labute approximate surface area is 250 Å². The van der Waals surface area contributed by atoms with E-state index in [9.17, 15) is 14.4 Å².